The summed E-state index contributed by atoms with van der Waals surface area (Å²) < 4.78 is 19.2. The SMILES string of the molecule is CC.CCCc1cc(F)cc(CCC)c1CC(=O)OC(C)(C)C. The fraction of sp³-hybridized carbons (Fsp3) is 0.650. The molecule has 132 valence electrons. The van der Waals surface area contributed by atoms with Gasteiger partial charge in [-0.1, -0.05) is 40.5 Å². The van der Waals surface area contributed by atoms with Crippen LogP contribution in [0.2, 0.25) is 0 Å². The molecule has 0 heterocycles. The molecule has 2 nitrogen and oxygen atoms in total. The number of aryl methyl sites for hydroxylation is 2. The molecule has 0 saturated carbocycles. The number of rotatable bonds is 6. The van der Waals surface area contributed by atoms with Crippen molar-refractivity contribution in [2.24, 2.45) is 0 Å². The van der Waals surface area contributed by atoms with Gasteiger partial charge in [0.1, 0.15) is 11.4 Å². The molecule has 0 spiro atoms. The highest BCUT2D eigenvalue weighted by molar-refractivity contribution is 5.74. The molecule has 0 unspecified atom stereocenters. The third kappa shape index (κ3) is 8.15. The lowest BCUT2D eigenvalue weighted by Gasteiger charge is -2.21. The normalized spacial score (nSPS) is 10.8. The van der Waals surface area contributed by atoms with Crippen LogP contribution in [-0.4, -0.2) is 11.6 Å². The quantitative estimate of drug-likeness (QED) is 0.633. The minimum atomic E-state index is -0.493. The van der Waals surface area contributed by atoms with Gasteiger partial charge in [0.2, 0.25) is 0 Å². The fourth-order valence-corrected chi connectivity index (χ4v) is 2.49. The van der Waals surface area contributed by atoms with E-state index in [0.717, 1.165) is 42.4 Å². The van der Waals surface area contributed by atoms with Crippen molar-refractivity contribution >= 4 is 5.97 Å². The molecular weight excluding hydrogens is 291 g/mol. The molecule has 3 heteroatoms. The molecule has 0 bridgehead atoms. The minimum Gasteiger partial charge on any atom is -0.460 e. The van der Waals surface area contributed by atoms with E-state index in [9.17, 15) is 9.18 Å². The molecule has 0 atom stereocenters. The third-order valence-electron chi connectivity index (χ3n) is 3.18. The highest BCUT2D eigenvalue weighted by Gasteiger charge is 2.19. The van der Waals surface area contributed by atoms with Crippen LogP contribution in [0.5, 0.6) is 0 Å². The second-order valence-corrected chi connectivity index (χ2v) is 6.47. The second-order valence-electron chi connectivity index (χ2n) is 6.47. The highest BCUT2D eigenvalue weighted by atomic mass is 19.1. The number of hydrogen-bond donors (Lipinski definition) is 0. The van der Waals surface area contributed by atoms with E-state index in [0.29, 0.717) is 0 Å². The van der Waals surface area contributed by atoms with E-state index in [4.69, 9.17) is 4.74 Å². The van der Waals surface area contributed by atoms with Crippen molar-refractivity contribution in [3.05, 3.63) is 34.6 Å². The van der Waals surface area contributed by atoms with Crippen molar-refractivity contribution < 1.29 is 13.9 Å². The smallest absolute Gasteiger partial charge is 0.310 e. The van der Waals surface area contributed by atoms with Crippen LogP contribution in [-0.2, 0) is 28.8 Å². The van der Waals surface area contributed by atoms with Gasteiger partial charge in [0, 0.05) is 0 Å². The lowest BCUT2D eigenvalue weighted by atomic mass is 9.93. The van der Waals surface area contributed by atoms with E-state index in [1.54, 1.807) is 12.1 Å². The molecule has 1 aromatic rings. The Hall–Kier alpha value is -1.38. The molecule has 1 aromatic carbocycles. The van der Waals surface area contributed by atoms with Gasteiger partial charge in [0.15, 0.2) is 0 Å². The van der Waals surface area contributed by atoms with Crippen LogP contribution < -0.4 is 0 Å². The van der Waals surface area contributed by atoms with Gasteiger partial charge in [-0.15, -0.1) is 0 Å². The summed E-state index contributed by atoms with van der Waals surface area (Å²) in [6.07, 6.45) is 3.65. The first-order chi connectivity index (χ1) is 10.8. The maximum atomic E-state index is 13.7. The van der Waals surface area contributed by atoms with Crippen LogP contribution in [0.15, 0.2) is 12.1 Å². The molecule has 0 amide bonds. The average molecular weight is 324 g/mol. The van der Waals surface area contributed by atoms with Crippen LogP contribution in [0.4, 0.5) is 4.39 Å². The van der Waals surface area contributed by atoms with Crippen molar-refractivity contribution in [1.29, 1.82) is 0 Å². The van der Waals surface area contributed by atoms with E-state index in [1.165, 1.54) is 0 Å². The van der Waals surface area contributed by atoms with E-state index >= 15 is 0 Å². The lowest BCUT2D eigenvalue weighted by Crippen LogP contribution is -2.25. The first-order valence-electron chi connectivity index (χ1n) is 8.78. The Morgan fingerprint density at radius 3 is 1.83 bits per heavy atom. The summed E-state index contributed by atoms with van der Waals surface area (Å²) in [6.45, 7) is 13.7. The molecule has 23 heavy (non-hydrogen) atoms. The molecule has 0 radical (unpaired) electrons. The Morgan fingerprint density at radius 1 is 1.04 bits per heavy atom. The van der Waals surface area contributed by atoms with Crippen molar-refractivity contribution in [2.45, 2.75) is 86.2 Å². The summed E-state index contributed by atoms with van der Waals surface area (Å²) in [5.41, 5.74) is 2.33. The zero-order valence-corrected chi connectivity index (χ0v) is 15.9. The van der Waals surface area contributed by atoms with Gasteiger partial charge in [-0.2, -0.15) is 0 Å². The standard InChI is InChI=1S/C18H27FO2.C2H6/c1-6-8-13-10-15(19)11-14(9-7-2)16(13)12-17(20)21-18(3,4)5;1-2/h10-11H,6-9,12H2,1-5H3;1-2H3. The lowest BCUT2D eigenvalue weighted by molar-refractivity contribution is -0.153. The summed E-state index contributed by atoms with van der Waals surface area (Å²) in [5.74, 6) is -0.460. The molecular formula is C20H33FO2. The van der Waals surface area contributed by atoms with Gasteiger partial charge in [0.25, 0.3) is 0 Å². The Kier molecular flexibility index (Phi) is 9.78. The van der Waals surface area contributed by atoms with Crippen molar-refractivity contribution in [2.75, 3.05) is 0 Å². The van der Waals surface area contributed by atoms with Crippen molar-refractivity contribution in [1.82, 2.24) is 0 Å². The number of benzene rings is 1. The predicted octanol–water partition coefficient (Wildman–Crippen LogP) is 5.64. The van der Waals surface area contributed by atoms with Crippen molar-refractivity contribution in [3.8, 4) is 0 Å². The molecule has 0 saturated heterocycles. The van der Waals surface area contributed by atoms with Gasteiger partial charge < -0.3 is 4.74 Å². The Labute approximate surface area is 141 Å². The predicted molar refractivity (Wildman–Crippen MR) is 95.3 cm³/mol. The van der Waals surface area contributed by atoms with Gasteiger partial charge in [0.05, 0.1) is 6.42 Å². The Bertz CT molecular complexity index is 460. The van der Waals surface area contributed by atoms with Crippen LogP contribution >= 0.6 is 0 Å². The van der Waals surface area contributed by atoms with Crippen LogP contribution in [0.1, 0.15) is 78.0 Å². The molecule has 0 N–H and O–H groups in total. The van der Waals surface area contributed by atoms with Crippen LogP contribution in [0.3, 0.4) is 0 Å². The molecule has 0 fully saturated rings. The highest BCUT2D eigenvalue weighted by Crippen LogP contribution is 2.22. The summed E-state index contributed by atoms with van der Waals surface area (Å²) in [5, 5.41) is 0. The molecule has 0 aliphatic heterocycles. The number of carbonyl (C=O) groups is 1. The topological polar surface area (TPSA) is 26.3 Å². The summed E-state index contributed by atoms with van der Waals surface area (Å²) >= 11 is 0. The van der Waals surface area contributed by atoms with E-state index in [-0.39, 0.29) is 18.2 Å². The first kappa shape index (κ1) is 21.6. The van der Waals surface area contributed by atoms with Crippen molar-refractivity contribution in [3.63, 3.8) is 0 Å². The summed E-state index contributed by atoms with van der Waals surface area (Å²) in [4.78, 5) is 12.1. The Morgan fingerprint density at radius 2 is 1.48 bits per heavy atom. The fourth-order valence-electron chi connectivity index (χ4n) is 2.49. The maximum Gasteiger partial charge on any atom is 0.310 e. The van der Waals surface area contributed by atoms with E-state index in [2.05, 4.69) is 13.8 Å². The summed E-state index contributed by atoms with van der Waals surface area (Å²) in [7, 11) is 0. The zero-order valence-electron chi connectivity index (χ0n) is 15.9. The van der Waals surface area contributed by atoms with Crippen LogP contribution in [0.25, 0.3) is 0 Å². The average Bonchev–Trinajstić information content (AvgIpc) is 2.43. The number of ether oxygens (including phenoxy) is 1. The Balaban J connectivity index is 0.00000232. The van der Waals surface area contributed by atoms with Gasteiger partial charge >= 0.3 is 5.97 Å². The zero-order chi connectivity index (χ0) is 18.0. The van der Waals surface area contributed by atoms with E-state index < -0.39 is 5.60 Å². The summed E-state index contributed by atoms with van der Waals surface area (Å²) in [6, 6.07) is 3.12. The number of hydrogen-bond acceptors (Lipinski definition) is 2. The number of esters is 1. The molecule has 0 aliphatic rings. The molecule has 0 aliphatic carbocycles. The van der Waals surface area contributed by atoms with Crippen LogP contribution in [0, 0.1) is 5.82 Å². The number of halogens is 1. The van der Waals surface area contributed by atoms with Gasteiger partial charge in [-0.3, -0.25) is 4.79 Å². The molecule has 1 rings (SSSR count). The van der Waals surface area contributed by atoms with Gasteiger partial charge in [-0.25, -0.2) is 4.39 Å². The monoisotopic (exact) mass is 324 g/mol. The van der Waals surface area contributed by atoms with Gasteiger partial charge in [-0.05, 0) is 62.4 Å². The minimum absolute atomic E-state index is 0.213. The van der Waals surface area contributed by atoms with E-state index in [1.807, 2.05) is 34.6 Å². The number of carbonyl (C=O) groups excluding carboxylic acids is 1. The largest absolute Gasteiger partial charge is 0.460 e. The second kappa shape index (κ2) is 10.4. The third-order valence-corrected chi connectivity index (χ3v) is 3.18. The first-order valence-corrected chi connectivity index (χ1v) is 8.78. The maximum absolute atomic E-state index is 13.7. The molecule has 0 aromatic heterocycles.